The molecule has 3 heteroatoms. The fraction of sp³-hybridized carbons (Fsp3) is 0.214. The highest BCUT2D eigenvalue weighted by Crippen LogP contribution is 2.17. The number of terminal acetylenes is 1. The largest absolute Gasteiger partial charge is 0.304 e. The van der Waals surface area contributed by atoms with Crippen LogP contribution in [-0.2, 0) is 6.54 Å². The van der Waals surface area contributed by atoms with E-state index in [2.05, 4.69) is 28.5 Å². The number of nitrogens with zero attached hydrogens (tertiary/aromatic N) is 2. The van der Waals surface area contributed by atoms with Gasteiger partial charge in [-0.3, -0.25) is 4.68 Å². The normalized spacial score (nSPS) is 10.1. The molecule has 1 aromatic carbocycles. The Morgan fingerprint density at radius 3 is 2.82 bits per heavy atom. The number of aromatic nitrogens is 2. The van der Waals surface area contributed by atoms with Crippen LogP contribution < -0.4 is 5.32 Å². The molecular weight excluding hydrogens is 210 g/mol. The second kappa shape index (κ2) is 5.88. The first-order valence-electron chi connectivity index (χ1n) is 5.62. The average molecular weight is 225 g/mol. The molecule has 1 N–H and O–H groups in total. The summed E-state index contributed by atoms with van der Waals surface area (Å²) in [5.74, 6) is 2.54. The lowest BCUT2D eigenvalue weighted by Gasteiger charge is -2.01. The third-order valence-corrected chi connectivity index (χ3v) is 2.49. The molecule has 0 atom stereocenters. The summed E-state index contributed by atoms with van der Waals surface area (Å²) in [6.45, 7) is 2.27. The van der Waals surface area contributed by atoms with Crippen molar-refractivity contribution >= 4 is 0 Å². The number of rotatable bonds is 5. The van der Waals surface area contributed by atoms with Crippen LogP contribution in [0.3, 0.4) is 0 Å². The van der Waals surface area contributed by atoms with Gasteiger partial charge in [0.2, 0.25) is 0 Å². The fourth-order valence-electron chi connectivity index (χ4n) is 1.62. The highest BCUT2D eigenvalue weighted by Gasteiger charge is 2.00. The van der Waals surface area contributed by atoms with E-state index in [1.165, 1.54) is 5.56 Å². The number of hydrogen-bond acceptors (Lipinski definition) is 2. The molecule has 0 fully saturated rings. The van der Waals surface area contributed by atoms with Crippen LogP contribution in [0.2, 0.25) is 0 Å². The Kier molecular flexibility index (Phi) is 3.95. The molecule has 2 aromatic rings. The van der Waals surface area contributed by atoms with Crippen molar-refractivity contribution in [3.63, 3.8) is 0 Å². The van der Waals surface area contributed by atoms with Crippen LogP contribution in [0, 0.1) is 12.3 Å². The lowest BCUT2D eigenvalue weighted by molar-refractivity contribution is 0.575. The van der Waals surface area contributed by atoms with Crippen LogP contribution in [-0.4, -0.2) is 22.9 Å². The molecule has 17 heavy (non-hydrogen) atoms. The van der Waals surface area contributed by atoms with Gasteiger partial charge in [0.25, 0.3) is 0 Å². The van der Waals surface area contributed by atoms with Gasteiger partial charge in [0, 0.05) is 18.3 Å². The zero-order valence-corrected chi connectivity index (χ0v) is 9.63. The van der Waals surface area contributed by atoms with Crippen molar-refractivity contribution in [1.82, 2.24) is 15.1 Å². The maximum atomic E-state index is 5.15. The molecule has 1 heterocycles. The Labute approximate surface area is 101 Å². The van der Waals surface area contributed by atoms with Crippen molar-refractivity contribution < 1.29 is 0 Å². The molecule has 0 saturated heterocycles. The first-order chi connectivity index (χ1) is 8.40. The summed E-state index contributed by atoms with van der Waals surface area (Å²) in [6, 6.07) is 10.2. The second-order valence-corrected chi connectivity index (χ2v) is 3.74. The summed E-state index contributed by atoms with van der Waals surface area (Å²) in [5, 5.41) is 7.45. The van der Waals surface area contributed by atoms with E-state index in [1.54, 1.807) is 0 Å². The standard InChI is InChI=1S/C14H15N3/c1-2-8-15-9-10-17-12-14(11-16-17)13-6-4-3-5-7-13/h1,3-7,11-12,15H,8-10H2. The van der Waals surface area contributed by atoms with Crippen molar-refractivity contribution in [3.05, 3.63) is 42.7 Å². The minimum atomic E-state index is 0.604. The summed E-state index contributed by atoms with van der Waals surface area (Å²) in [6.07, 6.45) is 9.09. The van der Waals surface area contributed by atoms with Crippen molar-refractivity contribution in [2.24, 2.45) is 0 Å². The lowest BCUT2D eigenvalue weighted by atomic mass is 10.1. The van der Waals surface area contributed by atoms with Gasteiger partial charge in [-0.1, -0.05) is 36.3 Å². The summed E-state index contributed by atoms with van der Waals surface area (Å²) in [4.78, 5) is 0. The Morgan fingerprint density at radius 2 is 2.06 bits per heavy atom. The van der Waals surface area contributed by atoms with Crippen molar-refractivity contribution in [1.29, 1.82) is 0 Å². The highest BCUT2D eigenvalue weighted by atomic mass is 15.3. The Balaban J connectivity index is 1.95. The van der Waals surface area contributed by atoms with Gasteiger partial charge in [-0.25, -0.2) is 0 Å². The smallest absolute Gasteiger partial charge is 0.0574 e. The molecule has 0 aliphatic rings. The van der Waals surface area contributed by atoms with Crippen LogP contribution in [0.5, 0.6) is 0 Å². The topological polar surface area (TPSA) is 29.9 Å². The van der Waals surface area contributed by atoms with Crippen LogP contribution in [0.15, 0.2) is 42.7 Å². The van der Waals surface area contributed by atoms with Gasteiger partial charge in [-0.2, -0.15) is 5.10 Å². The van der Waals surface area contributed by atoms with Crippen molar-refractivity contribution in [3.8, 4) is 23.5 Å². The van der Waals surface area contributed by atoms with Gasteiger partial charge in [0.15, 0.2) is 0 Å². The molecule has 0 saturated carbocycles. The number of hydrogen-bond donors (Lipinski definition) is 1. The van der Waals surface area contributed by atoms with E-state index in [0.29, 0.717) is 6.54 Å². The van der Waals surface area contributed by atoms with Gasteiger partial charge >= 0.3 is 0 Å². The van der Waals surface area contributed by atoms with E-state index in [4.69, 9.17) is 6.42 Å². The van der Waals surface area contributed by atoms with Gasteiger partial charge in [-0.05, 0) is 5.56 Å². The van der Waals surface area contributed by atoms with E-state index >= 15 is 0 Å². The van der Waals surface area contributed by atoms with Gasteiger partial charge in [-0.15, -0.1) is 6.42 Å². The predicted octanol–water partition coefficient (Wildman–Crippen LogP) is 1.77. The molecule has 0 bridgehead atoms. The SMILES string of the molecule is C#CCNCCn1cc(-c2ccccc2)cn1. The average Bonchev–Trinajstić information content (AvgIpc) is 2.85. The monoisotopic (exact) mass is 225 g/mol. The Bertz CT molecular complexity index is 494. The molecule has 3 nitrogen and oxygen atoms in total. The molecule has 0 aliphatic carbocycles. The van der Waals surface area contributed by atoms with Gasteiger partial charge in [0.1, 0.15) is 0 Å². The summed E-state index contributed by atoms with van der Waals surface area (Å²) >= 11 is 0. The maximum Gasteiger partial charge on any atom is 0.0574 e. The minimum absolute atomic E-state index is 0.604. The van der Waals surface area contributed by atoms with Crippen LogP contribution in [0.4, 0.5) is 0 Å². The van der Waals surface area contributed by atoms with Crippen molar-refractivity contribution in [2.75, 3.05) is 13.1 Å². The molecule has 0 spiro atoms. The molecule has 0 unspecified atom stereocenters. The molecular formula is C14H15N3. The van der Waals surface area contributed by atoms with Crippen LogP contribution in [0.25, 0.3) is 11.1 Å². The van der Waals surface area contributed by atoms with E-state index in [1.807, 2.05) is 35.3 Å². The molecule has 2 rings (SSSR count). The molecule has 0 aliphatic heterocycles. The van der Waals surface area contributed by atoms with E-state index in [-0.39, 0.29) is 0 Å². The highest BCUT2D eigenvalue weighted by molar-refractivity contribution is 5.61. The zero-order valence-electron chi connectivity index (χ0n) is 9.63. The molecule has 0 radical (unpaired) electrons. The predicted molar refractivity (Wildman–Crippen MR) is 69.4 cm³/mol. The summed E-state index contributed by atoms with van der Waals surface area (Å²) in [7, 11) is 0. The zero-order chi connectivity index (χ0) is 11.9. The van der Waals surface area contributed by atoms with Crippen LogP contribution >= 0.6 is 0 Å². The second-order valence-electron chi connectivity index (χ2n) is 3.74. The quantitative estimate of drug-likeness (QED) is 0.621. The Hall–Kier alpha value is -2.05. The first kappa shape index (κ1) is 11.4. The summed E-state index contributed by atoms with van der Waals surface area (Å²) in [5.41, 5.74) is 2.33. The molecule has 0 amide bonds. The minimum Gasteiger partial charge on any atom is -0.304 e. The Morgan fingerprint density at radius 1 is 1.24 bits per heavy atom. The molecule has 1 aromatic heterocycles. The van der Waals surface area contributed by atoms with E-state index in [0.717, 1.165) is 18.7 Å². The summed E-state index contributed by atoms with van der Waals surface area (Å²) < 4.78 is 1.92. The van der Waals surface area contributed by atoms with Crippen LogP contribution in [0.1, 0.15) is 0 Å². The third-order valence-electron chi connectivity index (χ3n) is 2.49. The van der Waals surface area contributed by atoms with Gasteiger partial charge < -0.3 is 5.32 Å². The lowest BCUT2D eigenvalue weighted by Crippen LogP contribution is -2.20. The van der Waals surface area contributed by atoms with Gasteiger partial charge in [0.05, 0.1) is 19.3 Å². The van der Waals surface area contributed by atoms with Crippen molar-refractivity contribution in [2.45, 2.75) is 6.54 Å². The number of benzene rings is 1. The number of nitrogens with one attached hydrogen (secondary N) is 1. The van der Waals surface area contributed by atoms with E-state index < -0.39 is 0 Å². The van der Waals surface area contributed by atoms with E-state index in [9.17, 15) is 0 Å². The third kappa shape index (κ3) is 3.20. The maximum absolute atomic E-state index is 5.15. The fourth-order valence-corrected chi connectivity index (χ4v) is 1.62. The molecule has 86 valence electrons. The first-order valence-corrected chi connectivity index (χ1v) is 5.62.